The maximum absolute atomic E-state index is 4.79. The number of likely N-dealkylation sites (N-methyl/N-ethyl adjacent to an activating group) is 1. The zero-order chi connectivity index (χ0) is 21.2. The van der Waals surface area contributed by atoms with Gasteiger partial charge in [-0.3, -0.25) is 9.89 Å². The van der Waals surface area contributed by atoms with E-state index in [1.54, 1.807) is 11.3 Å². The Hall–Kier alpha value is -1.23. The van der Waals surface area contributed by atoms with E-state index in [1.807, 2.05) is 6.20 Å². The van der Waals surface area contributed by atoms with Gasteiger partial charge in [0.05, 0.1) is 5.01 Å². The number of aliphatic imine (C=N–C) groups is 1. The van der Waals surface area contributed by atoms with Crippen LogP contribution in [0, 0.1) is 6.92 Å². The smallest absolute Gasteiger partial charge is 0.191 e. The standard InChI is InChI=1S/C23H36N6S.HI/c1-4-24-23(26-13-11-22-27-17-19(2)30-22)25-12-8-14-29-16-15-28(3)18-21(29)20-9-6-5-7-10-20;/h5-7,9-10,17,21H,4,8,11-16,18H2,1-3H3,(H2,24,25,26);1H. The van der Waals surface area contributed by atoms with Crippen molar-refractivity contribution in [3.8, 4) is 0 Å². The number of hydrogen-bond acceptors (Lipinski definition) is 5. The highest BCUT2D eigenvalue weighted by atomic mass is 127. The quantitative estimate of drug-likeness (QED) is 0.214. The van der Waals surface area contributed by atoms with E-state index in [9.17, 15) is 0 Å². The first-order valence-corrected chi connectivity index (χ1v) is 11.9. The lowest BCUT2D eigenvalue weighted by molar-refractivity contribution is 0.0894. The van der Waals surface area contributed by atoms with Crippen molar-refractivity contribution in [2.24, 2.45) is 4.99 Å². The average molecular weight is 557 g/mol. The molecule has 1 saturated heterocycles. The second kappa shape index (κ2) is 14.0. The van der Waals surface area contributed by atoms with Gasteiger partial charge >= 0.3 is 0 Å². The number of piperazine rings is 1. The van der Waals surface area contributed by atoms with Gasteiger partial charge in [-0.25, -0.2) is 4.98 Å². The fourth-order valence-electron chi connectivity index (χ4n) is 3.83. The topological polar surface area (TPSA) is 55.8 Å². The number of nitrogens with zero attached hydrogens (tertiary/aromatic N) is 4. The molecule has 0 bridgehead atoms. The predicted molar refractivity (Wildman–Crippen MR) is 143 cm³/mol. The summed E-state index contributed by atoms with van der Waals surface area (Å²) >= 11 is 1.77. The van der Waals surface area contributed by atoms with E-state index >= 15 is 0 Å². The van der Waals surface area contributed by atoms with Gasteiger partial charge in [0.1, 0.15) is 0 Å². The Balaban J connectivity index is 0.00000341. The van der Waals surface area contributed by atoms with Crippen molar-refractivity contribution >= 4 is 41.3 Å². The third-order valence-corrected chi connectivity index (χ3v) is 6.37. The van der Waals surface area contributed by atoms with Crippen LogP contribution < -0.4 is 10.6 Å². The van der Waals surface area contributed by atoms with Crippen molar-refractivity contribution in [3.63, 3.8) is 0 Å². The second-order valence-corrected chi connectivity index (χ2v) is 9.20. The Labute approximate surface area is 208 Å². The molecule has 6 nitrogen and oxygen atoms in total. The van der Waals surface area contributed by atoms with E-state index in [4.69, 9.17) is 4.99 Å². The van der Waals surface area contributed by atoms with Crippen LogP contribution >= 0.6 is 35.3 Å². The van der Waals surface area contributed by atoms with Crippen LogP contribution in [0.25, 0.3) is 0 Å². The minimum atomic E-state index is 0. The van der Waals surface area contributed by atoms with Gasteiger partial charge in [-0.05, 0) is 32.9 Å². The van der Waals surface area contributed by atoms with Gasteiger partial charge in [-0.1, -0.05) is 30.3 Å². The fraction of sp³-hybridized carbons (Fsp3) is 0.565. The molecular formula is C23H37IN6S. The fourth-order valence-corrected chi connectivity index (χ4v) is 4.61. The Morgan fingerprint density at radius 1 is 1.23 bits per heavy atom. The zero-order valence-electron chi connectivity index (χ0n) is 19.0. The summed E-state index contributed by atoms with van der Waals surface area (Å²) in [5, 5.41) is 7.98. The molecule has 1 aliphatic rings. The van der Waals surface area contributed by atoms with Gasteiger partial charge in [-0.2, -0.15) is 0 Å². The summed E-state index contributed by atoms with van der Waals surface area (Å²) in [7, 11) is 2.22. The first-order chi connectivity index (χ1) is 14.7. The van der Waals surface area contributed by atoms with Gasteiger partial charge < -0.3 is 15.5 Å². The molecule has 2 N–H and O–H groups in total. The first-order valence-electron chi connectivity index (χ1n) is 11.1. The number of thiazole rings is 1. The minimum Gasteiger partial charge on any atom is -0.357 e. The van der Waals surface area contributed by atoms with Crippen molar-refractivity contribution < 1.29 is 0 Å². The molecule has 1 aromatic heterocycles. The second-order valence-electron chi connectivity index (χ2n) is 7.88. The number of rotatable bonds is 9. The summed E-state index contributed by atoms with van der Waals surface area (Å²) in [4.78, 5) is 15.5. The summed E-state index contributed by atoms with van der Waals surface area (Å²) in [5.74, 6) is 0.906. The zero-order valence-corrected chi connectivity index (χ0v) is 22.2. The number of halogens is 1. The van der Waals surface area contributed by atoms with Gasteiger partial charge in [0.15, 0.2) is 5.96 Å². The van der Waals surface area contributed by atoms with Crippen LogP contribution in [0.3, 0.4) is 0 Å². The highest BCUT2D eigenvalue weighted by molar-refractivity contribution is 14.0. The van der Waals surface area contributed by atoms with E-state index in [0.717, 1.165) is 64.6 Å². The highest BCUT2D eigenvalue weighted by Gasteiger charge is 2.25. The summed E-state index contributed by atoms with van der Waals surface area (Å²) in [6.45, 7) is 11.2. The lowest BCUT2D eigenvalue weighted by Gasteiger charge is -2.40. The number of nitrogens with one attached hydrogen (secondary N) is 2. The SMILES string of the molecule is CCNC(=NCCCN1CCN(C)CC1c1ccccc1)NCCc1ncc(C)s1.I. The largest absolute Gasteiger partial charge is 0.357 e. The molecule has 2 heterocycles. The van der Waals surface area contributed by atoms with Crippen LogP contribution in [-0.2, 0) is 6.42 Å². The molecule has 1 atom stereocenters. The van der Waals surface area contributed by atoms with Gasteiger partial charge in [0, 0.05) is 69.3 Å². The van der Waals surface area contributed by atoms with Crippen molar-refractivity contribution in [1.29, 1.82) is 0 Å². The van der Waals surface area contributed by atoms with Crippen LogP contribution in [0.2, 0.25) is 0 Å². The molecular weight excluding hydrogens is 519 g/mol. The van der Waals surface area contributed by atoms with Crippen LogP contribution in [0.4, 0.5) is 0 Å². The molecule has 0 radical (unpaired) electrons. The molecule has 31 heavy (non-hydrogen) atoms. The van der Waals surface area contributed by atoms with Crippen LogP contribution in [0.1, 0.15) is 34.8 Å². The third kappa shape index (κ3) is 8.67. The molecule has 1 aliphatic heterocycles. The van der Waals surface area contributed by atoms with E-state index in [0.29, 0.717) is 6.04 Å². The van der Waals surface area contributed by atoms with E-state index in [1.165, 1.54) is 15.4 Å². The van der Waals surface area contributed by atoms with Crippen molar-refractivity contribution in [3.05, 3.63) is 52.0 Å². The summed E-state index contributed by atoms with van der Waals surface area (Å²) in [6, 6.07) is 11.4. The van der Waals surface area contributed by atoms with Crippen molar-refractivity contribution in [1.82, 2.24) is 25.4 Å². The van der Waals surface area contributed by atoms with Gasteiger partial charge in [-0.15, -0.1) is 35.3 Å². The van der Waals surface area contributed by atoms with Crippen molar-refractivity contribution in [2.75, 3.05) is 52.9 Å². The van der Waals surface area contributed by atoms with E-state index in [2.05, 4.69) is 76.6 Å². The summed E-state index contributed by atoms with van der Waals surface area (Å²) in [6.07, 6.45) is 3.94. The number of aromatic nitrogens is 1. The predicted octanol–water partition coefficient (Wildman–Crippen LogP) is 3.55. The molecule has 1 aromatic carbocycles. The summed E-state index contributed by atoms with van der Waals surface area (Å²) in [5.41, 5.74) is 1.42. The number of guanidine groups is 1. The van der Waals surface area contributed by atoms with Crippen molar-refractivity contribution in [2.45, 2.75) is 32.7 Å². The molecule has 0 spiro atoms. The van der Waals surface area contributed by atoms with Gasteiger partial charge in [0.2, 0.25) is 0 Å². The lowest BCUT2D eigenvalue weighted by Crippen LogP contribution is -2.47. The highest BCUT2D eigenvalue weighted by Crippen LogP contribution is 2.24. The molecule has 0 amide bonds. The Morgan fingerprint density at radius 3 is 2.74 bits per heavy atom. The number of hydrogen-bond donors (Lipinski definition) is 2. The van der Waals surface area contributed by atoms with Gasteiger partial charge in [0.25, 0.3) is 0 Å². The third-order valence-electron chi connectivity index (χ3n) is 5.40. The van der Waals surface area contributed by atoms with Crippen LogP contribution in [-0.4, -0.2) is 73.6 Å². The summed E-state index contributed by atoms with van der Waals surface area (Å²) < 4.78 is 0. The first kappa shape index (κ1) is 26.0. The lowest BCUT2D eigenvalue weighted by atomic mass is 10.0. The van der Waals surface area contributed by atoms with Crippen LogP contribution in [0.15, 0.2) is 41.5 Å². The van der Waals surface area contributed by atoms with E-state index in [-0.39, 0.29) is 24.0 Å². The molecule has 3 rings (SSSR count). The van der Waals surface area contributed by atoms with E-state index < -0.39 is 0 Å². The maximum atomic E-state index is 4.79. The molecule has 0 aliphatic carbocycles. The Kier molecular flexibility index (Phi) is 11.8. The Bertz CT molecular complexity index is 781. The molecule has 1 unspecified atom stereocenters. The molecule has 2 aromatic rings. The van der Waals surface area contributed by atoms with Crippen LogP contribution in [0.5, 0.6) is 0 Å². The minimum absolute atomic E-state index is 0. The number of aryl methyl sites for hydroxylation is 1. The number of benzene rings is 1. The molecule has 8 heteroatoms. The average Bonchev–Trinajstić information content (AvgIpc) is 3.17. The molecule has 172 valence electrons. The molecule has 1 fully saturated rings. The Morgan fingerprint density at radius 2 is 2.03 bits per heavy atom. The molecule has 0 saturated carbocycles. The maximum Gasteiger partial charge on any atom is 0.191 e. The monoisotopic (exact) mass is 556 g/mol. The normalized spacial score (nSPS) is 17.9.